The molecule has 0 saturated carbocycles. The average molecular weight is 215 g/mol. The summed E-state index contributed by atoms with van der Waals surface area (Å²) in [6.07, 6.45) is -4.42. The summed E-state index contributed by atoms with van der Waals surface area (Å²) in [6.45, 7) is 3.42. The summed E-state index contributed by atoms with van der Waals surface area (Å²) < 4.78 is 38.3. The van der Waals surface area contributed by atoms with Crippen molar-refractivity contribution in [3.8, 4) is 0 Å². The van der Waals surface area contributed by atoms with Crippen molar-refractivity contribution >= 4 is 5.65 Å². The molecule has 0 bridgehead atoms. The van der Waals surface area contributed by atoms with Crippen LogP contribution in [0.2, 0.25) is 0 Å². The lowest BCUT2D eigenvalue weighted by Gasteiger charge is -2.00. The van der Waals surface area contributed by atoms with Gasteiger partial charge in [-0.05, 0) is 19.9 Å². The zero-order valence-corrected chi connectivity index (χ0v) is 8.13. The fourth-order valence-electron chi connectivity index (χ4n) is 1.43. The number of aryl methyl sites for hydroxylation is 2. The smallest absolute Gasteiger partial charge is 0.234 e. The van der Waals surface area contributed by atoms with Gasteiger partial charge in [0.1, 0.15) is 0 Å². The van der Waals surface area contributed by atoms with Crippen LogP contribution in [0.3, 0.4) is 0 Å². The Morgan fingerprint density at radius 2 is 1.87 bits per heavy atom. The fourth-order valence-corrected chi connectivity index (χ4v) is 1.43. The van der Waals surface area contributed by atoms with E-state index in [-0.39, 0.29) is 5.65 Å². The standard InChI is InChI=1S/C9H8F3N3/c1-5-3-6(2)15-8(13-5)4-7(14-15)9(10,11)12/h3-4H,1-2H3. The molecule has 80 valence electrons. The molecule has 0 amide bonds. The van der Waals surface area contributed by atoms with Crippen molar-refractivity contribution in [1.29, 1.82) is 0 Å². The van der Waals surface area contributed by atoms with Gasteiger partial charge in [-0.25, -0.2) is 9.50 Å². The Balaban J connectivity index is 2.71. The van der Waals surface area contributed by atoms with E-state index in [4.69, 9.17) is 0 Å². The normalized spacial score (nSPS) is 12.3. The summed E-state index contributed by atoms with van der Waals surface area (Å²) in [6, 6.07) is 2.63. The zero-order valence-electron chi connectivity index (χ0n) is 8.13. The average Bonchev–Trinajstić information content (AvgIpc) is 2.46. The van der Waals surface area contributed by atoms with Crippen LogP contribution in [0, 0.1) is 13.8 Å². The lowest BCUT2D eigenvalue weighted by molar-refractivity contribution is -0.141. The van der Waals surface area contributed by atoms with E-state index in [9.17, 15) is 13.2 Å². The van der Waals surface area contributed by atoms with Gasteiger partial charge < -0.3 is 0 Å². The summed E-state index contributed by atoms with van der Waals surface area (Å²) >= 11 is 0. The van der Waals surface area contributed by atoms with Crippen LogP contribution in [-0.2, 0) is 6.18 Å². The van der Waals surface area contributed by atoms with Crippen molar-refractivity contribution in [2.45, 2.75) is 20.0 Å². The van der Waals surface area contributed by atoms with E-state index in [2.05, 4.69) is 10.1 Å². The first-order valence-electron chi connectivity index (χ1n) is 4.29. The second-order valence-corrected chi connectivity index (χ2v) is 3.34. The number of halogens is 3. The number of nitrogens with zero attached hydrogens (tertiary/aromatic N) is 3. The molecule has 0 unspecified atom stereocenters. The number of aromatic nitrogens is 3. The monoisotopic (exact) mass is 215 g/mol. The Morgan fingerprint density at radius 3 is 2.47 bits per heavy atom. The molecule has 0 atom stereocenters. The molecule has 0 aliphatic heterocycles. The number of alkyl halides is 3. The predicted octanol–water partition coefficient (Wildman–Crippen LogP) is 2.36. The highest BCUT2D eigenvalue weighted by atomic mass is 19.4. The summed E-state index contributed by atoms with van der Waals surface area (Å²) in [5, 5.41) is 3.45. The molecule has 2 heterocycles. The molecule has 15 heavy (non-hydrogen) atoms. The lowest BCUT2D eigenvalue weighted by Crippen LogP contribution is -2.06. The maximum absolute atomic E-state index is 12.4. The van der Waals surface area contributed by atoms with Gasteiger partial charge in [0, 0.05) is 17.5 Å². The van der Waals surface area contributed by atoms with Crippen molar-refractivity contribution in [3.63, 3.8) is 0 Å². The maximum atomic E-state index is 12.4. The van der Waals surface area contributed by atoms with Gasteiger partial charge in [0.05, 0.1) is 0 Å². The first kappa shape index (κ1) is 9.95. The molecule has 0 spiro atoms. The van der Waals surface area contributed by atoms with Gasteiger partial charge in [0.15, 0.2) is 11.3 Å². The Bertz CT molecular complexity index is 513. The van der Waals surface area contributed by atoms with Crippen molar-refractivity contribution in [1.82, 2.24) is 14.6 Å². The van der Waals surface area contributed by atoms with Gasteiger partial charge in [0.25, 0.3) is 0 Å². The van der Waals surface area contributed by atoms with E-state index in [0.717, 1.165) is 6.07 Å². The van der Waals surface area contributed by atoms with Gasteiger partial charge in [-0.15, -0.1) is 0 Å². The molecule has 0 radical (unpaired) electrons. The van der Waals surface area contributed by atoms with E-state index in [0.29, 0.717) is 11.4 Å². The first-order chi connectivity index (χ1) is 6.88. The quantitative estimate of drug-likeness (QED) is 0.675. The third-order valence-corrected chi connectivity index (χ3v) is 2.02. The van der Waals surface area contributed by atoms with Crippen LogP contribution in [0.4, 0.5) is 13.2 Å². The minimum atomic E-state index is -4.42. The van der Waals surface area contributed by atoms with Crippen LogP contribution < -0.4 is 0 Å². The number of fused-ring (bicyclic) bond motifs is 1. The highest BCUT2D eigenvalue weighted by molar-refractivity contribution is 5.42. The molecule has 0 saturated heterocycles. The predicted molar refractivity (Wildman–Crippen MR) is 47.5 cm³/mol. The van der Waals surface area contributed by atoms with Crippen molar-refractivity contribution < 1.29 is 13.2 Å². The minimum Gasteiger partial charge on any atom is -0.234 e. The molecular formula is C9H8F3N3. The Kier molecular flexibility index (Phi) is 1.95. The van der Waals surface area contributed by atoms with Crippen LogP contribution in [0.1, 0.15) is 17.1 Å². The highest BCUT2D eigenvalue weighted by Crippen LogP contribution is 2.28. The Hall–Kier alpha value is -1.59. The van der Waals surface area contributed by atoms with E-state index < -0.39 is 11.9 Å². The Labute approximate surface area is 83.5 Å². The SMILES string of the molecule is Cc1cc(C)n2nc(C(F)(F)F)cc2n1. The van der Waals surface area contributed by atoms with Gasteiger partial charge in [0.2, 0.25) is 0 Å². The number of hydrogen-bond acceptors (Lipinski definition) is 2. The topological polar surface area (TPSA) is 30.2 Å². The Morgan fingerprint density at radius 1 is 1.20 bits per heavy atom. The zero-order chi connectivity index (χ0) is 11.2. The van der Waals surface area contributed by atoms with Crippen LogP contribution >= 0.6 is 0 Å². The summed E-state index contributed by atoms with van der Waals surface area (Å²) in [4.78, 5) is 3.97. The molecule has 2 aromatic rings. The molecule has 0 N–H and O–H groups in total. The van der Waals surface area contributed by atoms with E-state index in [1.54, 1.807) is 19.9 Å². The van der Waals surface area contributed by atoms with Crippen molar-refractivity contribution in [2.75, 3.05) is 0 Å². The molecule has 0 aliphatic carbocycles. The number of hydrogen-bond donors (Lipinski definition) is 0. The summed E-state index contributed by atoms with van der Waals surface area (Å²) in [7, 11) is 0. The van der Waals surface area contributed by atoms with Crippen LogP contribution in [-0.4, -0.2) is 14.6 Å². The molecule has 2 rings (SSSR count). The third-order valence-electron chi connectivity index (χ3n) is 2.02. The molecule has 3 nitrogen and oxygen atoms in total. The van der Waals surface area contributed by atoms with Gasteiger partial charge in [-0.1, -0.05) is 0 Å². The second-order valence-electron chi connectivity index (χ2n) is 3.34. The van der Waals surface area contributed by atoms with Crippen molar-refractivity contribution in [2.24, 2.45) is 0 Å². The van der Waals surface area contributed by atoms with Crippen LogP contribution in [0.25, 0.3) is 5.65 Å². The van der Waals surface area contributed by atoms with Crippen molar-refractivity contribution in [3.05, 3.63) is 29.2 Å². The molecule has 0 fully saturated rings. The number of rotatable bonds is 0. The molecule has 2 aromatic heterocycles. The van der Waals surface area contributed by atoms with Gasteiger partial charge in [-0.2, -0.15) is 18.3 Å². The summed E-state index contributed by atoms with van der Waals surface area (Å²) in [5.41, 5.74) is 0.616. The van der Waals surface area contributed by atoms with E-state index >= 15 is 0 Å². The van der Waals surface area contributed by atoms with Gasteiger partial charge >= 0.3 is 6.18 Å². The van der Waals surface area contributed by atoms with Crippen LogP contribution in [0.5, 0.6) is 0 Å². The largest absolute Gasteiger partial charge is 0.435 e. The highest BCUT2D eigenvalue weighted by Gasteiger charge is 2.34. The van der Waals surface area contributed by atoms with Gasteiger partial charge in [-0.3, -0.25) is 0 Å². The van der Waals surface area contributed by atoms with E-state index in [1.165, 1.54) is 4.52 Å². The van der Waals surface area contributed by atoms with Crippen LogP contribution in [0.15, 0.2) is 12.1 Å². The molecule has 6 heteroatoms. The summed E-state index contributed by atoms with van der Waals surface area (Å²) in [5.74, 6) is 0. The lowest BCUT2D eigenvalue weighted by atomic mass is 10.3. The fraction of sp³-hybridized carbons (Fsp3) is 0.333. The molecule has 0 aromatic carbocycles. The third kappa shape index (κ3) is 1.67. The first-order valence-corrected chi connectivity index (χ1v) is 4.29. The molecular weight excluding hydrogens is 207 g/mol. The second kappa shape index (κ2) is 2.95. The minimum absolute atomic E-state index is 0.222. The van der Waals surface area contributed by atoms with E-state index in [1.807, 2.05) is 0 Å². The maximum Gasteiger partial charge on any atom is 0.435 e. The molecule has 0 aliphatic rings.